The zero-order valence-electron chi connectivity index (χ0n) is 3.76. The van der Waals surface area contributed by atoms with Gasteiger partial charge in [0.15, 0.2) is 7.28 Å². The van der Waals surface area contributed by atoms with Gasteiger partial charge in [0.2, 0.25) is 7.31 Å². The molecule has 6 heavy (non-hydrogen) atoms. The van der Waals surface area contributed by atoms with Crippen molar-refractivity contribution >= 4 is 28.4 Å². The molecule has 0 rings (SSSR count). The Bertz CT molecular complexity index is 38.1. The topological polar surface area (TPSA) is 12.4 Å². The zero-order valence-corrected chi connectivity index (χ0v) is 3.76. The highest BCUT2D eigenvalue weighted by Gasteiger charge is 1.65. The Morgan fingerprint density at radius 3 is 2.67 bits per heavy atom. The van der Waals surface area contributed by atoms with Crippen LogP contribution in [-0.2, 0) is 0 Å². The maximum atomic E-state index is 4.87. The normalized spacial score (nSPS) is 8.83. The second-order valence-corrected chi connectivity index (χ2v) is 0.781. The van der Waals surface area contributed by atoms with Crippen LogP contribution in [0.1, 0.15) is 0 Å². The largest absolute Gasteiger partial charge is 0.381 e. The van der Waals surface area contributed by atoms with Gasteiger partial charge in [0.05, 0.1) is 0 Å². The molecule has 0 fully saturated rings. The fourth-order valence-corrected chi connectivity index (χ4v) is 0.136. The minimum atomic E-state index is 1.25. The fraction of sp³-hybridized carbons (Fsp3) is 0.500. The Morgan fingerprint density at radius 1 is 1.83 bits per heavy atom. The van der Waals surface area contributed by atoms with Crippen LogP contribution in [0.2, 0.25) is 6.82 Å². The molecular formula is C2H4B3N. The SMILES string of the molecule is [B][B]N=C[B]C. The summed E-state index contributed by atoms with van der Waals surface area (Å²) in [4.78, 5) is 3.56. The molecule has 0 aliphatic carbocycles. The first-order valence-electron chi connectivity index (χ1n) is 1.76. The molecule has 0 N–H and O–H groups in total. The molecule has 0 atom stereocenters. The standard InChI is InChI=1S/C2H4B3N/c1-4-2-6-5-3/h2H,1H3. The summed E-state index contributed by atoms with van der Waals surface area (Å²) in [5.74, 6) is 0. The number of nitrogens with zero attached hydrogens (tertiary/aromatic N) is 1. The molecule has 0 saturated carbocycles. The van der Waals surface area contributed by atoms with Gasteiger partial charge in [-0.1, -0.05) is 12.9 Å². The Hall–Kier alpha value is -0.135. The molecule has 0 aliphatic rings. The molecule has 0 saturated heterocycles. The molecule has 0 spiro atoms. The van der Waals surface area contributed by atoms with Gasteiger partial charge < -0.3 is 4.90 Å². The molecule has 4 radical (unpaired) electrons. The predicted octanol–water partition coefficient (Wildman–Crippen LogP) is -0.530. The van der Waals surface area contributed by atoms with E-state index in [0.29, 0.717) is 0 Å². The molecule has 0 aromatic heterocycles. The highest BCUT2D eigenvalue weighted by Crippen LogP contribution is 1.50. The second kappa shape index (κ2) is 4.86. The fourth-order valence-electron chi connectivity index (χ4n) is 0.136. The van der Waals surface area contributed by atoms with E-state index in [-0.39, 0.29) is 0 Å². The molecular weight excluding hydrogens is 70.5 g/mol. The molecule has 0 aliphatic heterocycles. The first-order chi connectivity index (χ1) is 2.91. The third-order valence-electron chi connectivity index (χ3n) is 0.321. The van der Waals surface area contributed by atoms with Crippen LogP contribution in [0.5, 0.6) is 0 Å². The monoisotopic (exact) mass is 75.1 g/mol. The van der Waals surface area contributed by atoms with Gasteiger partial charge in [0.25, 0.3) is 0 Å². The van der Waals surface area contributed by atoms with Gasteiger partial charge in [-0.2, -0.15) is 0 Å². The summed E-state index contributed by atoms with van der Waals surface area (Å²) in [6.07, 6.45) is 1.62. The number of rotatable bonds is 2. The lowest BCUT2D eigenvalue weighted by Gasteiger charge is -1.71. The average molecular weight is 74.5 g/mol. The van der Waals surface area contributed by atoms with Crippen molar-refractivity contribution in [2.24, 2.45) is 4.90 Å². The summed E-state index contributed by atoms with van der Waals surface area (Å²) < 4.78 is 0. The van der Waals surface area contributed by atoms with Gasteiger partial charge >= 0.3 is 0 Å². The van der Waals surface area contributed by atoms with Crippen molar-refractivity contribution in [3.63, 3.8) is 0 Å². The molecule has 26 valence electrons. The lowest BCUT2D eigenvalue weighted by molar-refractivity contribution is 1.96. The van der Waals surface area contributed by atoms with E-state index >= 15 is 0 Å². The van der Waals surface area contributed by atoms with Crippen LogP contribution in [0.3, 0.4) is 0 Å². The second-order valence-electron chi connectivity index (χ2n) is 0.781. The Balaban J connectivity index is 2.73. The van der Waals surface area contributed by atoms with Crippen LogP contribution < -0.4 is 0 Å². The first-order valence-corrected chi connectivity index (χ1v) is 1.76. The summed E-state index contributed by atoms with van der Waals surface area (Å²) >= 11 is 0. The van der Waals surface area contributed by atoms with E-state index in [0.717, 1.165) is 0 Å². The summed E-state index contributed by atoms with van der Waals surface area (Å²) in [5.41, 5.74) is 0. The van der Waals surface area contributed by atoms with E-state index in [1.54, 1.807) is 6.11 Å². The summed E-state index contributed by atoms with van der Waals surface area (Å²) in [6.45, 7) is 1.88. The smallest absolute Gasteiger partial charge is 0.212 e. The predicted molar refractivity (Wildman–Crippen MR) is 31.6 cm³/mol. The number of hydrogen-bond acceptors (Lipinski definition) is 1. The van der Waals surface area contributed by atoms with Crippen LogP contribution in [0.15, 0.2) is 4.90 Å². The van der Waals surface area contributed by atoms with Crippen LogP contribution in [0.4, 0.5) is 0 Å². The zero-order chi connectivity index (χ0) is 4.83. The van der Waals surface area contributed by atoms with Crippen molar-refractivity contribution < 1.29 is 0 Å². The average Bonchev–Trinajstić information content (AvgIpc) is 1.61. The highest BCUT2D eigenvalue weighted by atomic mass is 14.5. The van der Waals surface area contributed by atoms with Crippen LogP contribution >= 0.6 is 0 Å². The van der Waals surface area contributed by atoms with Crippen molar-refractivity contribution in [1.29, 1.82) is 0 Å². The van der Waals surface area contributed by atoms with Gasteiger partial charge in [-0.3, -0.25) is 0 Å². The lowest BCUT2D eigenvalue weighted by Crippen LogP contribution is -1.87. The van der Waals surface area contributed by atoms with Gasteiger partial charge in [0.1, 0.15) is 0 Å². The Kier molecular flexibility index (Phi) is 4.76. The molecule has 0 aromatic carbocycles. The molecule has 1 nitrogen and oxygen atoms in total. The molecule has 0 amide bonds. The van der Waals surface area contributed by atoms with Crippen molar-refractivity contribution in [2.45, 2.75) is 6.82 Å². The van der Waals surface area contributed by atoms with Gasteiger partial charge in [-0.25, -0.2) is 0 Å². The minimum absolute atomic E-state index is 1.25. The third-order valence-corrected chi connectivity index (χ3v) is 0.321. The third kappa shape index (κ3) is 3.86. The highest BCUT2D eigenvalue weighted by molar-refractivity contribution is 6.89. The number of hydrogen-bond donors (Lipinski definition) is 0. The van der Waals surface area contributed by atoms with E-state index in [9.17, 15) is 0 Å². The van der Waals surface area contributed by atoms with E-state index in [1.807, 2.05) is 14.1 Å². The summed E-state index contributed by atoms with van der Waals surface area (Å²) in [6, 6.07) is 0. The van der Waals surface area contributed by atoms with Crippen LogP contribution in [-0.4, -0.2) is 28.4 Å². The lowest BCUT2D eigenvalue weighted by atomic mass is 9.67. The Labute approximate surface area is 41.1 Å². The van der Waals surface area contributed by atoms with E-state index in [4.69, 9.17) is 7.74 Å². The van der Waals surface area contributed by atoms with E-state index in [1.165, 1.54) is 7.31 Å². The molecule has 0 bridgehead atoms. The molecule has 0 unspecified atom stereocenters. The van der Waals surface area contributed by atoms with Gasteiger partial charge in [0, 0.05) is 7.74 Å². The van der Waals surface area contributed by atoms with Crippen LogP contribution in [0.25, 0.3) is 0 Å². The summed E-state index contributed by atoms with van der Waals surface area (Å²) in [5, 5.41) is 0. The van der Waals surface area contributed by atoms with Crippen molar-refractivity contribution in [3.8, 4) is 0 Å². The maximum Gasteiger partial charge on any atom is 0.212 e. The van der Waals surface area contributed by atoms with Gasteiger partial charge in [-0.05, 0) is 0 Å². The van der Waals surface area contributed by atoms with Crippen LogP contribution in [0, 0.1) is 0 Å². The Morgan fingerprint density at radius 2 is 2.50 bits per heavy atom. The van der Waals surface area contributed by atoms with Crippen molar-refractivity contribution in [3.05, 3.63) is 0 Å². The quantitative estimate of drug-likeness (QED) is 0.308. The first kappa shape index (κ1) is 5.86. The van der Waals surface area contributed by atoms with E-state index < -0.39 is 0 Å². The van der Waals surface area contributed by atoms with E-state index in [2.05, 4.69) is 4.90 Å². The molecule has 0 aromatic rings. The molecule has 0 heterocycles. The van der Waals surface area contributed by atoms with Crippen molar-refractivity contribution in [1.82, 2.24) is 0 Å². The minimum Gasteiger partial charge on any atom is -0.381 e. The summed E-state index contributed by atoms with van der Waals surface area (Å²) in [7, 11) is 7.93. The van der Waals surface area contributed by atoms with Gasteiger partial charge in [-0.15, -0.1) is 0 Å². The maximum absolute atomic E-state index is 4.87. The molecule has 4 heteroatoms. The van der Waals surface area contributed by atoms with Crippen molar-refractivity contribution in [2.75, 3.05) is 0 Å².